The summed E-state index contributed by atoms with van der Waals surface area (Å²) < 4.78 is 1.69. The van der Waals surface area contributed by atoms with Crippen LogP contribution in [0.5, 0.6) is 0 Å². The summed E-state index contributed by atoms with van der Waals surface area (Å²) >= 11 is 0.0883. The molecule has 0 fully saturated rings. The molecule has 0 bridgehead atoms. The van der Waals surface area contributed by atoms with E-state index in [0.29, 0.717) is 0 Å². The molecule has 0 nitrogen and oxygen atoms in total. The predicted molar refractivity (Wildman–Crippen MR) is 102 cm³/mol. The molecule has 1 radical (unpaired) electrons. The third kappa shape index (κ3) is 9.28. The molecule has 0 aliphatic carbocycles. The van der Waals surface area contributed by atoms with E-state index in [1.165, 1.54) is 76.2 Å². The zero-order valence-corrected chi connectivity index (χ0v) is 18.4. The van der Waals surface area contributed by atoms with Crippen molar-refractivity contribution in [3.8, 4) is 0 Å². The molecule has 1 heterocycles. The summed E-state index contributed by atoms with van der Waals surface area (Å²) in [4.78, 5) is 7.50. The van der Waals surface area contributed by atoms with Crippen LogP contribution in [0.2, 0.25) is 14.8 Å². The average molecular weight is 414 g/mol. The minimum absolute atomic E-state index is 1.26. The van der Waals surface area contributed by atoms with E-state index >= 15 is 0 Å². The summed E-state index contributed by atoms with van der Waals surface area (Å²) in [5, 5.41) is 3.54. The van der Waals surface area contributed by atoms with Crippen molar-refractivity contribution in [3.05, 3.63) is 17.0 Å². The number of aryl methyl sites for hydroxylation is 1. The van der Waals surface area contributed by atoms with Crippen LogP contribution >= 0.6 is 11.3 Å². The summed E-state index contributed by atoms with van der Waals surface area (Å²) in [7, 11) is 0. The zero-order valence-electron chi connectivity index (χ0n) is 14.8. The van der Waals surface area contributed by atoms with Crippen LogP contribution in [0.4, 0.5) is 0 Å². The molecular weight excluding hydrogens is 379 g/mol. The van der Waals surface area contributed by atoms with E-state index in [0.717, 1.165) is 0 Å². The second kappa shape index (κ2) is 11.1. The van der Waals surface area contributed by atoms with Gasteiger partial charge < -0.3 is 0 Å². The SMILES string of the molecule is CCCCCCCCCCCCc1[c]s[c]([Sn]([CH3])([CH3])[CH3])c1. The Morgan fingerprint density at radius 3 is 1.86 bits per heavy atom. The van der Waals surface area contributed by atoms with E-state index in [-0.39, 0.29) is 0 Å². The molecule has 0 atom stereocenters. The third-order valence-electron chi connectivity index (χ3n) is 4.14. The Kier molecular flexibility index (Phi) is 10.3. The van der Waals surface area contributed by atoms with Crippen LogP contribution in [-0.4, -0.2) is 18.4 Å². The number of hydrogen-bond donors (Lipinski definition) is 0. The molecule has 0 aromatic carbocycles. The molecule has 121 valence electrons. The molecular formula is C19H35SSn. The van der Waals surface area contributed by atoms with Crippen LogP contribution in [0.15, 0.2) is 6.07 Å². The maximum atomic E-state index is 3.54. The fourth-order valence-corrected chi connectivity index (χ4v) is 8.33. The predicted octanol–water partition coefficient (Wildman–Crippen LogP) is 6.56. The van der Waals surface area contributed by atoms with Crippen molar-refractivity contribution in [2.75, 3.05) is 0 Å². The van der Waals surface area contributed by atoms with Crippen molar-refractivity contribution in [2.24, 2.45) is 0 Å². The Morgan fingerprint density at radius 2 is 1.38 bits per heavy atom. The van der Waals surface area contributed by atoms with Crippen LogP contribution in [0.3, 0.4) is 0 Å². The monoisotopic (exact) mass is 415 g/mol. The van der Waals surface area contributed by atoms with Crippen LogP contribution < -0.4 is 2.89 Å². The molecule has 1 aromatic heterocycles. The van der Waals surface area contributed by atoms with E-state index in [1.54, 1.807) is 2.89 Å². The minimum atomic E-state index is -1.82. The Bertz CT molecular complexity index is 362. The second-order valence-electron chi connectivity index (χ2n) is 7.42. The van der Waals surface area contributed by atoms with E-state index in [4.69, 9.17) is 0 Å². The summed E-state index contributed by atoms with van der Waals surface area (Å²) in [6.45, 7) is 2.29. The molecule has 2 heteroatoms. The van der Waals surface area contributed by atoms with E-state index < -0.39 is 18.4 Å². The average Bonchev–Trinajstić information content (AvgIpc) is 2.90. The third-order valence-corrected chi connectivity index (χ3v) is 14.5. The van der Waals surface area contributed by atoms with Gasteiger partial charge in [0, 0.05) is 0 Å². The van der Waals surface area contributed by atoms with Gasteiger partial charge in [-0.05, 0) is 0 Å². The van der Waals surface area contributed by atoms with Gasteiger partial charge in [0.15, 0.2) is 0 Å². The van der Waals surface area contributed by atoms with Crippen molar-refractivity contribution < 1.29 is 0 Å². The van der Waals surface area contributed by atoms with Crippen LogP contribution in [0, 0.1) is 5.38 Å². The van der Waals surface area contributed by atoms with E-state index in [1.807, 2.05) is 11.3 Å². The summed E-state index contributed by atoms with van der Waals surface area (Å²) in [5.74, 6) is 0. The fourth-order valence-electron chi connectivity index (χ4n) is 2.63. The van der Waals surface area contributed by atoms with Crippen molar-refractivity contribution in [1.29, 1.82) is 0 Å². The van der Waals surface area contributed by atoms with Crippen LogP contribution in [0.1, 0.15) is 76.7 Å². The van der Waals surface area contributed by atoms with Gasteiger partial charge in [-0.2, -0.15) is 0 Å². The molecule has 0 unspecified atom stereocenters. The Balaban J connectivity index is 1.98. The molecule has 1 rings (SSSR count). The first-order valence-electron chi connectivity index (χ1n) is 9.05. The van der Waals surface area contributed by atoms with Gasteiger partial charge in [0.05, 0.1) is 0 Å². The Labute approximate surface area is 141 Å². The first kappa shape index (κ1) is 19.5. The molecule has 0 aliphatic heterocycles. The standard InChI is InChI=1S/C16H26S.3CH3.Sn/c1-2-3-4-5-6-7-8-9-10-11-12-16-13-14-17-15-16;;;;/h13H,2-12H2,1H3;3*1H3;. The van der Waals surface area contributed by atoms with Crippen LogP contribution in [0.25, 0.3) is 0 Å². The van der Waals surface area contributed by atoms with Crippen molar-refractivity contribution in [3.63, 3.8) is 0 Å². The number of rotatable bonds is 12. The second-order valence-corrected chi connectivity index (χ2v) is 23.7. The van der Waals surface area contributed by atoms with Gasteiger partial charge in [-0.25, -0.2) is 0 Å². The first-order valence-corrected chi connectivity index (χ1v) is 19.9. The van der Waals surface area contributed by atoms with Gasteiger partial charge in [-0.1, -0.05) is 19.8 Å². The normalized spacial score (nSPS) is 12.0. The molecule has 0 N–H and O–H groups in total. The molecule has 21 heavy (non-hydrogen) atoms. The van der Waals surface area contributed by atoms with E-state index in [9.17, 15) is 0 Å². The van der Waals surface area contributed by atoms with Crippen molar-refractivity contribution >= 4 is 32.6 Å². The van der Waals surface area contributed by atoms with Crippen LogP contribution in [-0.2, 0) is 6.42 Å². The van der Waals surface area contributed by atoms with E-state index in [2.05, 4.69) is 33.2 Å². The van der Waals surface area contributed by atoms with Gasteiger partial charge in [-0.15, -0.1) is 0 Å². The molecule has 0 aliphatic rings. The van der Waals surface area contributed by atoms with Gasteiger partial charge in [0.25, 0.3) is 0 Å². The van der Waals surface area contributed by atoms with Gasteiger partial charge in [0.1, 0.15) is 0 Å². The molecule has 0 saturated carbocycles. The van der Waals surface area contributed by atoms with Crippen molar-refractivity contribution in [2.45, 2.75) is 92.4 Å². The zero-order chi connectivity index (χ0) is 15.6. The fraction of sp³-hybridized carbons (Fsp3) is 0.789. The summed E-state index contributed by atoms with van der Waals surface area (Å²) in [6.07, 6.45) is 15.5. The molecule has 0 spiro atoms. The van der Waals surface area contributed by atoms with Gasteiger partial charge in [-0.3, -0.25) is 0 Å². The maximum absolute atomic E-state index is 3.54. The van der Waals surface area contributed by atoms with Gasteiger partial charge >= 0.3 is 122 Å². The number of hydrogen-bond acceptors (Lipinski definition) is 1. The molecule has 1 aromatic rings. The first-order chi connectivity index (χ1) is 10.0. The molecule has 0 amide bonds. The topological polar surface area (TPSA) is 0 Å². The summed E-state index contributed by atoms with van der Waals surface area (Å²) in [6, 6.07) is 2.47. The number of thiophene rings is 1. The summed E-state index contributed by atoms with van der Waals surface area (Å²) in [5.41, 5.74) is 1.49. The quantitative estimate of drug-likeness (QED) is 0.269. The Hall–Kier alpha value is 0.499. The molecule has 0 saturated heterocycles. The Morgan fingerprint density at radius 1 is 0.857 bits per heavy atom. The van der Waals surface area contributed by atoms with Gasteiger partial charge in [0.2, 0.25) is 0 Å². The number of unbranched alkanes of at least 4 members (excludes halogenated alkanes) is 9. The van der Waals surface area contributed by atoms with Crippen molar-refractivity contribution in [1.82, 2.24) is 0 Å².